The lowest BCUT2D eigenvalue weighted by atomic mass is 9.84. The summed E-state index contributed by atoms with van der Waals surface area (Å²) >= 11 is 0. The van der Waals surface area contributed by atoms with Crippen molar-refractivity contribution in [3.05, 3.63) is 138 Å². The number of furan rings is 1. The molecule has 9 rings (SSSR count). The molecule has 2 atom stereocenters. The van der Waals surface area contributed by atoms with Gasteiger partial charge in [0.25, 0.3) is 0 Å². The van der Waals surface area contributed by atoms with Gasteiger partial charge in [-0.1, -0.05) is 131 Å². The van der Waals surface area contributed by atoms with Gasteiger partial charge in [-0.3, -0.25) is 0 Å². The molecule has 1 aromatic heterocycles. The van der Waals surface area contributed by atoms with Gasteiger partial charge in [0.2, 0.25) is 0 Å². The molecule has 0 radical (unpaired) electrons. The average Bonchev–Trinajstić information content (AvgIpc) is 3.75. The first-order valence-electron chi connectivity index (χ1n) is 18.0. The molecular formula is C48H36N2O2. The van der Waals surface area contributed by atoms with E-state index in [4.69, 9.17) is 9.15 Å². The first-order valence-corrected chi connectivity index (χ1v) is 18.0. The van der Waals surface area contributed by atoms with E-state index in [2.05, 4.69) is 155 Å². The molecule has 1 aliphatic rings. The van der Waals surface area contributed by atoms with E-state index >= 15 is 0 Å². The zero-order valence-corrected chi connectivity index (χ0v) is 29.6. The summed E-state index contributed by atoms with van der Waals surface area (Å²) in [4.78, 5) is 0. The summed E-state index contributed by atoms with van der Waals surface area (Å²) in [5.41, 5.74) is 8.33. The van der Waals surface area contributed by atoms with E-state index in [1.807, 2.05) is 6.07 Å². The Kier molecular flexibility index (Phi) is 7.39. The van der Waals surface area contributed by atoms with Gasteiger partial charge in [-0.25, -0.2) is 0 Å². The highest BCUT2D eigenvalue weighted by Crippen LogP contribution is 2.54. The Morgan fingerprint density at radius 2 is 1.25 bits per heavy atom. The quantitative estimate of drug-likeness (QED) is 0.182. The Bertz CT molecular complexity index is 2800. The van der Waals surface area contributed by atoms with Crippen LogP contribution < -0.4 is 4.74 Å². The highest BCUT2D eigenvalue weighted by Gasteiger charge is 2.40. The minimum Gasteiger partial charge on any atom is -0.487 e. The summed E-state index contributed by atoms with van der Waals surface area (Å²) in [6.07, 6.45) is -0.301. The lowest BCUT2D eigenvalue weighted by Crippen LogP contribution is -2.24. The van der Waals surface area contributed by atoms with Gasteiger partial charge in [0.15, 0.2) is 0 Å². The fraction of sp³-hybridized carbons (Fsp3) is 0.167. The molecule has 4 nitrogen and oxygen atoms in total. The van der Waals surface area contributed by atoms with Crippen molar-refractivity contribution in [2.24, 2.45) is 5.92 Å². The first-order chi connectivity index (χ1) is 25.4. The van der Waals surface area contributed by atoms with E-state index in [0.717, 1.165) is 66.1 Å². The summed E-state index contributed by atoms with van der Waals surface area (Å²) in [5.74, 6) is 1.07. The number of rotatable bonds is 5. The second kappa shape index (κ2) is 12.2. The van der Waals surface area contributed by atoms with Gasteiger partial charge in [0, 0.05) is 27.6 Å². The van der Waals surface area contributed by atoms with E-state index in [-0.39, 0.29) is 17.9 Å². The number of benzene rings is 7. The number of ether oxygens (including phenoxy) is 1. The van der Waals surface area contributed by atoms with Gasteiger partial charge in [-0.2, -0.15) is 10.5 Å². The maximum atomic E-state index is 10.6. The Balaban J connectivity index is 1.39. The summed E-state index contributed by atoms with van der Waals surface area (Å²) < 4.78 is 13.6. The number of hydrogen-bond donors (Lipinski definition) is 0. The van der Waals surface area contributed by atoms with Gasteiger partial charge in [-0.15, -0.1) is 0 Å². The van der Waals surface area contributed by atoms with Crippen molar-refractivity contribution in [3.8, 4) is 51.3 Å². The molecule has 4 heteroatoms. The van der Waals surface area contributed by atoms with Crippen LogP contribution in [0.25, 0.3) is 76.7 Å². The summed E-state index contributed by atoms with van der Waals surface area (Å²) in [7, 11) is 0. The fourth-order valence-corrected chi connectivity index (χ4v) is 8.22. The number of hydrogen-bond acceptors (Lipinski definition) is 4. The largest absolute Gasteiger partial charge is 0.487 e. The van der Waals surface area contributed by atoms with Crippen LogP contribution in [-0.2, 0) is 0 Å². The molecule has 7 aromatic carbocycles. The Morgan fingerprint density at radius 3 is 1.96 bits per heavy atom. The SMILES string of the molecule is CC(C)c1oc2c(cc(-c3ccc4ccccc4c3)c3c4c(cc(-c5ccc(-c6cccc7ccccc67)cc5)c32)C(C#N)C(C(C)C)O4)c1C#N. The Morgan fingerprint density at radius 1 is 0.596 bits per heavy atom. The lowest BCUT2D eigenvalue weighted by Gasteiger charge is -2.18. The predicted octanol–water partition coefficient (Wildman–Crippen LogP) is 12.9. The normalized spacial score (nSPS) is 15.4. The van der Waals surface area contributed by atoms with Gasteiger partial charge < -0.3 is 9.15 Å². The monoisotopic (exact) mass is 672 g/mol. The van der Waals surface area contributed by atoms with E-state index in [9.17, 15) is 10.5 Å². The minimum atomic E-state index is -0.439. The third-order valence-electron chi connectivity index (χ3n) is 10.8. The maximum Gasteiger partial charge on any atom is 0.144 e. The van der Waals surface area contributed by atoms with Crippen LogP contribution in [0, 0.1) is 28.6 Å². The van der Waals surface area contributed by atoms with Crippen LogP contribution in [0.3, 0.4) is 0 Å². The number of nitriles is 2. The van der Waals surface area contributed by atoms with Crippen molar-refractivity contribution < 1.29 is 9.15 Å². The molecule has 0 N–H and O–H groups in total. The van der Waals surface area contributed by atoms with Crippen molar-refractivity contribution in [2.45, 2.75) is 45.6 Å². The minimum absolute atomic E-state index is 0.00335. The Labute approximate surface area is 303 Å². The van der Waals surface area contributed by atoms with Crippen molar-refractivity contribution in [1.29, 1.82) is 10.5 Å². The van der Waals surface area contributed by atoms with Gasteiger partial charge in [0.1, 0.15) is 40.7 Å². The van der Waals surface area contributed by atoms with Gasteiger partial charge in [0.05, 0.1) is 6.07 Å². The molecule has 2 unspecified atom stereocenters. The zero-order chi connectivity index (χ0) is 35.7. The molecule has 0 spiro atoms. The zero-order valence-electron chi connectivity index (χ0n) is 29.6. The van der Waals surface area contributed by atoms with E-state index in [1.54, 1.807) is 0 Å². The number of nitrogens with zero attached hydrogens (tertiary/aromatic N) is 2. The maximum absolute atomic E-state index is 10.6. The van der Waals surface area contributed by atoms with Crippen molar-refractivity contribution in [2.75, 3.05) is 0 Å². The molecule has 8 aromatic rings. The van der Waals surface area contributed by atoms with Crippen molar-refractivity contribution in [3.63, 3.8) is 0 Å². The summed E-state index contributed by atoms with van der Waals surface area (Å²) in [5, 5.41) is 28.5. The molecule has 52 heavy (non-hydrogen) atoms. The second-order valence-electron chi connectivity index (χ2n) is 14.6. The molecule has 0 bridgehead atoms. The highest BCUT2D eigenvalue weighted by molar-refractivity contribution is 6.21. The lowest BCUT2D eigenvalue weighted by molar-refractivity contribution is 0.169. The van der Waals surface area contributed by atoms with E-state index in [1.165, 1.54) is 16.3 Å². The topological polar surface area (TPSA) is 69.9 Å². The van der Waals surface area contributed by atoms with Crippen LogP contribution in [0.4, 0.5) is 0 Å². The smallest absolute Gasteiger partial charge is 0.144 e. The van der Waals surface area contributed by atoms with Crippen molar-refractivity contribution >= 4 is 43.3 Å². The second-order valence-corrected chi connectivity index (χ2v) is 14.6. The Hall–Kier alpha value is -6.36. The van der Waals surface area contributed by atoms with E-state index in [0.29, 0.717) is 16.9 Å². The third kappa shape index (κ3) is 4.79. The van der Waals surface area contributed by atoms with Gasteiger partial charge in [-0.05, 0) is 79.0 Å². The summed E-state index contributed by atoms with van der Waals surface area (Å²) in [6.45, 7) is 8.34. The molecular weight excluding hydrogens is 637 g/mol. The van der Waals surface area contributed by atoms with Crippen LogP contribution >= 0.6 is 0 Å². The highest BCUT2D eigenvalue weighted by atomic mass is 16.5. The standard InChI is InChI=1S/C48H36N2O2/c1-27(2)45-41(25-49)39-23-37(32-19-17-31(18-20-32)36-15-9-13-30-11-7-8-14-35(30)36)43-44(48(39)52-45)38(34-21-16-29-10-5-6-12-33(29)22-34)24-40-42(26-50)46(28(3)4)51-47(40)43/h5-24,27-28,41,45H,1-4H3. The molecule has 250 valence electrons. The van der Waals surface area contributed by atoms with Crippen molar-refractivity contribution in [1.82, 2.24) is 0 Å². The summed E-state index contributed by atoms with van der Waals surface area (Å²) in [6, 6.07) is 47.8. The first kappa shape index (κ1) is 31.6. The van der Waals surface area contributed by atoms with Crippen LogP contribution in [0.2, 0.25) is 0 Å². The molecule has 0 saturated heterocycles. The molecule has 1 aliphatic heterocycles. The van der Waals surface area contributed by atoms with Crippen LogP contribution in [0.15, 0.2) is 126 Å². The molecule has 0 amide bonds. The van der Waals surface area contributed by atoms with Gasteiger partial charge >= 0.3 is 0 Å². The molecule has 0 fully saturated rings. The molecule has 0 saturated carbocycles. The average molecular weight is 673 g/mol. The number of fused-ring (bicyclic) bond motifs is 7. The predicted molar refractivity (Wildman–Crippen MR) is 211 cm³/mol. The molecule has 2 heterocycles. The van der Waals surface area contributed by atoms with Crippen LogP contribution in [-0.4, -0.2) is 6.10 Å². The third-order valence-corrected chi connectivity index (χ3v) is 10.8. The van der Waals surface area contributed by atoms with E-state index < -0.39 is 5.92 Å². The molecule has 0 aliphatic carbocycles. The van der Waals surface area contributed by atoms with Crippen LogP contribution in [0.5, 0.6) is 5.75 Å². The fourth-order valence-electron chi connectivity index (χ4n) is 8.22. The van der Waals surface area contributed by atoms with Crippen LogP contribution in [0.1, 0.15) is 56.4 Å².